The van der Waals surface area contributed by atoms with Crippen molar-refractivity contribution in [2.45, 2.75) is 90.4 Å². The zero-order valence-electron chi connectivity index (χ0n) is 16.2. The molecule has 0 unspecified atom stereocenters. The molecule has 0 heterocycles. The third kappa shape index (κ3) is 12.2. The second-order valence-corrected chi connectivity index (χ2v) is 6.77. The Labute approximate surface area is 196 Å². The fourth-order valence-electron chi connectivity index (χ4n) is 3.05. The summed E-state index contributed by atoms with van der Waals surface area (Å²) in [4.78, 5) is 10.8. The van der Waals surface area contributed by atoms with E-state index in [0.717, 1.165) is 24.8 Å². The number of rotatable bonds is 14. The summed E-state index contributed by atoms with van der Waals surface area (Å²) in [6.07, 6.45) is 16.4. The van der Waals surface area contributed by atoms with Crippen LogP contribution in [0.3, 0.4) is 0 Å². The van der Waals surface area contributed by atoms with Crippen LogP contribution < -0.4 is 56.5 Å². The Bertz CT molecular complexity index is 474. The Morgan fingerprint density at radius 1 is 0.880 bits per heavy atom. The summed E-state index contributed by atoms with van der Waals surface area (Å²) in [5, 5.41) is 20.7. The maximum absolute atomic E-state index is 11.8. The van der Waals surface area contributed by atoms with E-state index in [0.29, 0.717) is 0 Å². The molecule has 0 atom stereocenters. The molecule has 1 N–H and O–H groups in total. The van der Waals surface area contributed by atoms with Crippen LogP contribution in [-0.4, -0.2) is 11.1 Å². The molecule has 0 bridgehead atoms. The minimum atomic E-state index is -1.04. The average molecular weight is 373 g/mol. The van der Waals surface area contributed by atoms with Gasteiger partial charge in [0.1, 0.15) is 0 Å². The van der Waals surface area contributed by atoms with E-state index in [-0.39, 0.29) is 62.7 Å². The Balaban J connectivity index is 0.00000576. The van der Waals surface area contributed by atoms with Crippen molar-refractivity contribution in [2.24, 2.45) is 0 Å². The van der Waals surface area contributed by atoms with Crippen LogP contribution in [0.2, 0.25) is 0 Å². The van der Waals surface area contributed by atoms with E-state index in [1.807, 2.05) is 0 Å². The van der Waals surface area contributed by atoms with Crippen LogP contribution in [0.1, 0.15) is 99.9 Å². The molecular weight excluding hydrogens is 339 g/mol. The van der Waals surface area contributed by atoms with Crippen LogP contribution in [0.25, 0.3) is 0 Å². The first-order chi connectivity index (χ1) is 11.6. The van der Waals surface area contributed by atoms with Gasteiger partial charge >= 0.3 is 57.4 Å². The van der Waals surface area contributed by atoms with Crippen molar-refractivity contribution < 1.29 is 66.4 Å². The van der Waals surface area contributed by atoms with Crippen molar-refractivity contribution in [3.63, 3.8) is 0 Å². The van der Waals surface area contributed by atoms with Gasteiger partial charge in [-0.25, -0.2) is 4.79 Å². The van der Waals surface area contributed by atoms with Gasteiger partial charge in [-0.2, -0.15) is 0 Å². The van der Waals surface area contributed by atoms with Gasteiger partial charge in [-0.1, -0.05) is 95.2 Å². The van der Waals surface area contributed by atoms with E-state index < -0.39 is 5.97 Å². The summed E-state index contributed by atoms with van der Waals surface area (Å²) in [5.41, 5.74) is 0.825. The Morgan fingerprint density at radius 2 is 1.36 bits per heavy atom. The number of aromatic carboxylic acids is 1. The molecule has 1 aromatic rings. The molecule has 1 rings (SSSR count). The van der Waals surface area contributed by atoms with E-state index in [1.165, 1.54) is 76.3 Å². The molecule has 25 heavy (non-hydrogen) atoms. The van der Waals surface area contributed by atoms with Crippen molar-refractivity contribution in [1.29, 1.82) is 0 Å². The molecule has 136 valence electrons. The predicted octanol–water partition coefficient (Wildman–Crippen LogP) is 2.71. The molecule has 0 aliphatic carbocycles. The van der Waals surface area contributed by atoms with Crippen molar-refractivity contribution in [3.05, 3.63) is 29.3 Å². The Kier molecular flexibility index (Phi) is 16.4. The van der Waals surface area contributed by atoms with Crippen molar-refractivity contribution in [3.8, 4) is 5.75 Å². The number of aryl methyl sites for hydroxylation is 1. The van der Waals surface area contributed by atoms with Crippen molar-refractivity contribution >= 4 is 5.97 Å². The molecule has 0 aliphatic heterocycles. The SMILES string of the molecule is CCCCCCCCCCCCCCc1ccc(C(=O)O)cc1[O-].[K+]. The van der Waals surface area contributed by atoms with Crippen molar-refractivity contribution in [1.82, 2.24) is 0 Å². The van der Waals surface area contributed by atoms with Crippen LogP contribution in [0.5, 0.6) is 5.75 Å². The molecule has 4 heteroatoms. The minimum Gasteiger partial charge on any atom is -0.872 e. The zero-order chi connectivity index (χ0) is 17.6. The quantitative estimate of drug-likeness (QED) is 0.403. The van der Waals surface area contributed by atoms with E-state index in [1.54, 1.807) is 6.07 Å². The average Bonchev–Trinajstić information content (AvgIpc) is 2.57. The molecule has 0 spiro atoms. The summed E-state index contributed by atoms with van der Waals surface area (Å²) in [5.74, 6) is -1.18. The van der Waals surface area contributed by atoms with Crippen LogP contribution in [0, 0.1) is 0 Å². The minimum absolute atomic E-state index is 0. The summed E-state index contributed by atoms with van der Waals surface area (Å²) in [6.45, 7) is 2.25. The van der Waals surface area contributed by atoms with Gasteiger partial charge < -0.3 is 10.2 Å². The first kappa shape index (κ1) is 25.1. The maximum atomic E-state index is 11.8. The number of hydrogen-bond acceptors (Lipinski definition) is 2. The smallest absolute Gasteiger partial charge is 0.872 e. The van der Waals surface area contributed by atoms with E-state index in [2.05, 4.69) is 6.92 Å². The van der Waals surface area contributed by atoms with Crippen molar-refractivity contribution in [2.75, 3.05) is 0 Å². The van der Waals surface area contributed by atoms with Gasteiger partial charge in [0.05, 0.1) is 5.56 Å². The van der Waals surface area contributed by atoms with Gasteiger partial charge in [0.2, 0.25) is 0 Å². The van der Waals surface area contributed by atoms with Gasteiger partial charge in [0.25, 0.3) is 0 Å². The van der Waals surface area contributed by atoms with E-state index >= 15 is 0 Å². The summed E-state index contributed by atoms with van der Waals surface area (Å²) >= 11 is 0. The number of hydrogen-bond donors (Lipinski definition) is 1. The van der Waals surface area contributed by atoms with Gasteiger partial charge in [0, 0.05) is 0 Å². The molecule has 0 saturated heterocycles. The van der Waals surface area contributed by atoms with Crippen LogP contribution in [0.15, 0.2) is 18.2 Å². The standard InChI is InChI=1S/C21H34O3.K/c1-2-3-4-5-6-7-8-9-10-11-12-13-14-18-15-16-19(21(23)24)17-20(18)22;/h15-17,22H,2-14H2,1H3,(H,23,24);/q;+1/p-1. The zero-order valence-corrected chi connectivity index (χ0v) is 19.3. The second-order valence-electron chi connectivity index (χ2n) is 6.77. The normalized spacial score (nSPS) is 10.4. The molecule has 1 aromatic carbocycles. The predicted molar refractivity (Wildman–Crippen MR) is 97.6 cm³/mol. The van der Waals surface area contributed by atoms with Crippen LogP contribution >= 0.6 is 0 Å². The fraction of sp³-hybridized carbons (Fsp3) is 0.667. The van der Waals surface area contributed by atoms with Gasteiger partial charge in [-0.3, -0.25) is 0 Å². The van der Waals surface area contributed by atoms with E-state index in [4.69, 9.17) is 5.11 Å². The number of unbranched alkanes of at least 4 members (excludes halogenated alkanes) is 11. The van der Waals surface area contributed by atoms with Gasteiger partial charge in [-0.05, 0) is 18.9 Å². The first-order valence-corrected chi connectivity index (χ1v) is 9.68. The molecule has 0 aliphatic rings. The Hall–Kier alpha value is 0.126. The molecule has 0 amide bonds. The number of carbonyl (C=O) groups is 1. The summed E-state index contributed by atoms with van der Waals surface area (Å²) < 4.78 is 0. The number of benzene rings is 1. The van der Waals surface area contributed by atoms with E-state index in [9.17, 15) is 9.90 Å². The molecule has 0 aromatic heterocycles. The second kappa shape index (κ2) is 16.3. The largest absolute Gasteiger partial charge is 1.00 e. The first-order valence-electron chi connectivity index (χ1n) is 9.68. The Morgan fingerprint density at radius 3 is 1.80 bits per heavy atom. The van der Waals surface area contributed by atoms with Crippen LogP contribution in [0.4, 0.5) is 0 Å². The summed E-state index contributed by atoms with van der Waals surface area (Å²) in [6, 6.07) is 4.43. The monoisotopic (exact) mass is 372 g/mol. The molecule has 0 saturated carbocycles. The molecule has 0 fully saturated rings. The number of carboxylic acid groups (broad SMARTS) is 1. The fourth-order valence-corrected chi connectivity index (χ4v) is 3.05. The maximum Gasteiger partial charge on any atom is 1.00 e. The topological polar surface area (TPSA) is 60.4 Å². The van der Waals surface area contributed by atoms with Gasteiger partial charge in [0.15, 0.2) is 0 Å². The molecule has 0 radical (unpaired) electrons. The molecular formula is C21H33KO3. The third-order valence-electron chi connectivity index (χ3n) is 4.61. The molecule has 3 nitrogen and oxygen atoms in total. The van der Waals surface area contributed by atoms with Gasteiger partial charge in [-0.15, -0.1) is 5.75 Å². The number of carboxylic acids is 1. The van der Waals surface area contributed by atoms with Crippen LogP contribution in [-0.2, 0) is 6.42 Å². The third-order valence-corrected chi connectivity index (χ3v) is 4.61. The summed E-state index contributed by atoms with van der Waals surface area (Å²) in [7, 11) is 0.